The molecule has 0 aliphatic carbocycles. The van der Waals surface area contributed by atoms with E-state index in [9.17, 15) is 13.2 Å². The van der Waals surface area contributed by atoms with Crippen LogP contribution in [0.25, 0.3) is 11.3 Å². The van der Waals surface area contributed by atoms with Gasteiger partial charge >= 0.3 is 6.18 Å². The van der Waals surface area contributed by atoms with Crippen LogP contribution < -0.4 is 16.0 Å². The van der Waals surface area contributed by atoms with Crippen LogP contribution in [0.5, 0.6) is 0 Å². The molecule has 5 nitrogen and oxygen atoms in total. The van der Waals surface area contributed by atoms with Crippen molar-refractivity contribution in [2.75, 3.05) is 31.1 Å². The summed E-state index contributed by atoms with van der Waals surface area (Å²) >= 11 is 0. The summed E-state index contributed by atoms with van der Waals surface area (Å²) in [5.74, 6) is 0.564. The normalized spacial score (nSPS) is 15.6. The van der Waals surface area contributed by atoms with E-state index in [0.29, 0.717) is 22.9 Å². The molecule has 0 radical (unpaired) electrons. The van der Waals surface area contributed by atoms with Crippen LogP contribution >= 0.6 is 0 Å². The van der Waals surface area contributed by atoms with Gasteiger partial charge in [0.2, 0.25) is 5.95 Å². The fourth-order valence-electron chi connectivity index (χ4n) is 2.57. The Morgan fingerprint density at radius 2 is 1.75 bits per heavy atom. The van der Waals surface area contributed by atoms with Crippen molar-refractivity contribution in [3.63, 3.8) is 0 Å². The van der Waals surface area contributed by atoms with Crippen molar-refractivity contribution in [2.45, 2.75) is 12.7 Å². The van der Waals surface area contributed by atoms with Gasteiger partial charge in [-0.25, -0.2) is 9.97 Å². The monoisotopic (exact) mass is 337 g/mol. The van der Waals surface area contributed by atoms with E-state index < -0.39 is 11.7 Å². The summed E-state index contributed by atoms with van der Waals surface area (Å²) in [6.07, 6.45) is -4.35. The second-order valence-electron chi connectivity index (χ2n) is 5.56. The van der Waals surface area contributed by atoms with Crippen molar-refractivity contribution >= 4 is 5.95 Å². The van der Waals surface area contributed by atoms with Crippen molar-refractivity contribution in [2.24, 2.45) is 5.73 Å². The molecule has 0 bridgehead atoms. The summed E-state index contributed by atoms with van der Waals surface area (Å²) < 4.78 is 38.1. The molecule has 1 aliphatic heterocycles. The topological polar surface area (TPSA) is 67.1 Å². The number of halogens is 3. The molecule has 0 amide bonds. The minimum atomic E-state index is -4.35. The number of piperazine rings is 1. The van der Waals surface area contributed by atoms with Gasteiger partial charge in [-0.15, -0.1) is 0 Å². The van der Waals surface area contributed by atoms with E-state index in [1.807, 2.05) is 4.90 Å². The lowest BCUT2D eigenvalue weighted by atomic mass is 10.1. The first-order chi connectivity index (χ1) is 11.5. The third kappa shape index (κ3) is 3.65. The Labute approximate surface area is 137 Å². The van der Waals surface area contributed by atoms with Crippen LogP contribution in [0.3, 0.4) is 0 Å². The maximum Gasteiger partial charge on any atom is 0.416 e. The van der Waals surface area contributed by atoms with Crippen LogP contribution in [0.15, 0.2) is 30.3 Å². The van der Waals surface area contributed by atoms with Gasteiger partial charge in [0.1, 0.15) is 0 Å². The second kappa shape index (κ2) is 6.74. The highest BCUT2D eigenvalue weighted by molar-refractivity contribution is 5.61. The van der Waals surface area contributed by atoms with Gasteiger partial charge in [-0.1, -0.05) is 12.1 Å². The molecule has 3 N–H and O–H groups in total. The molecule has 1 aromatic carbocycles. The van der Waals surface area contributed by atoms with E-state index in [2.05, 4.69) is 15.3 Å². The Kier molecular flexibility index (Phi) is 4.68. The number of nitrogens with zero attached hydrogens (tertiary/aromatic N) is 3. The summed E-state index contributed by atoms with van der Waals surface area (Å²) in [5.41, 5.74) is 6.87. The molecule has 0 unspecified atom stereocenters. The summed E-state index contributed by atoms with van der Waals surface area (Å²) in [6.45, 7) is 3.48. The SMILES string of the molecule is NCc1cc(-c2ccc(C(F)(F)F)cc2)nc(N2CCNCC2)n1. The molecule has 1 aromatic heterocycles. The third-order valence-corrected chi connectivity index (χ3v) is 3.88. The predicted octanol–water partition coefficient (Wildman–Crippen LogP) is 2.03. The van der Waals surface area contributed by atoms with Crippen molar-refractivity contribution in [1.29, 1.82) is 0 Å². The summed E-state index contributed by atoms with van der Waals surface area (Å²) in [4.78, 5) is 11.0. The molecule has 2 aromatic rings. The van der Waals surface area contributed by atoms with E-state index in [4.69, 9.17) is 5.73 Å². The van der Waals surface area contributed by atoms with Crippen LogP contribution in [0.1, 0.15) is 11.3 Å². The lowest BCUT2D eigenvalue weighted by Gasteiger charge is -2.28. The average Bonchev–Trinajstić information content (AvgIpc) is 2.61. The van der Waals surface area contributed by atoms with Gasteiger partial charge in [-0.3, -0.25) is 0 Å². The fraction of sp³-hybridized carbons (Fsp3) is 0.375. The Morgan fingerprint density at radius 3 is 2.33 bits per heavy atom. The quantitative estimate of drug-likeness (QED) is 0.897. The van der Waals surface area contributed by atoms with Gasteiger partial charge < -0.3 is 16.0 Å². The molecule has 1 saturated heterocycles. The van der Waals surface area contributed by atoms with Crippen molar-refractivity contribution in [3.05, 3.63) is 41.6 Å². The number of rotatable bonds is 3. The molecule has 0 atom stereocenters. The first kappa shape index (κ1) is 16.7. The Bertz CT molecular complexity index is 694. The van der Waals surface area contributed by atoms with Crippen LogP contribution in [0.4, 0.5) is 19.1 Å². The van der Waals surface area contributed by atoms with Crippen molar-refractivity contribution in [3.8, 4) is 11.3 Å². The average molecular weight is 337 g/mol. The number of benzene rings is 1. The molecule has 128 valence electrons. The van der Waals surface area contributed by atoms with E-state index in [-0.39, 0.29) is 6.54 Å². The first-order valence-electron chi connectivity index (χ1n) is 7.69. The molecule has 2 heterocycles. The van der Waals surface area contributed by atoms with Crippen molar-refractivity contribution < 1.29 is 13.2 Å². The minimum Gasteiger partial charge on any atom is -0.338 e. The van der Waals surface area contributed by atoms with E-state index in [1.165, 1.54) is 12.1 Å². The highest BCUT2D eigenvalue weighted by atomic mass is 19.4. The van der Waals surface area contributed by atoms with Gasteiger partial charge in [0.25, 0.3) is 0 Å². The molecule has 0 spiro atoms. The molecule has 0 saturated carbocycles. The number of hydrogen-bond acceptors (Lipinski definition) is 5. The Morgan fingerprint density at radius 1 is 1.08 bits per heavy atom. The highest BCUT2D eigenvalue weighted by Crippen LogP contribution is 2.31. The maximum absolute atomic E-state index is 12.7. The Hall–Kier alpha value is -2.19. The molecular formula is C16H18F3N5. The number of nitrogens with one attached hydrogen (secondary N) is 1. The lowest BCUT2D eigenvalue weighted by molar-refractivity contribution is -0.137. The molecule has 1 fully saturated rings. The summed E-state index contributed by atoms with van der Waals surface area (Å²) in [7, 11) is 0. The second-order valence-corrected chi connectivity index (χ2v) is 5.56. The molecular weight excluding hydrogens is 319 g/mol. The summed E-state index contributed by atoms with van der Waals surface area (Å²) in [5, 5.41) is 3.25. The van der Waals surface area contributed by atoms with Crippen molar-refractivity contribution in [1.82, 2.24) is 15.3 Å². The number of anilines is 1. The van der Waals surface area contributed by atoms with Gasteiger partial charge in [0, 0.05) is 38.3 Å². The van der Waals surface area contributed by atoms with Gasteiger partial charge in [-0.05, 0) is 18.2 Å². The van der Waals surface area contributed by atoms with Gasteiger partial charge in [0.05, 0.1) is 17.0 Å². The molecule has 24 heavy (non-hydrogen) atoms. The van der Waals surface area contributed by atoms with E-state index in [0.717, 1.165) is 38.3 Å². The number of alkyl halides is 3. The number of nitrogens with two attached hydrogens (primary N) is 1. The first-order valence-corrected chi connectivity index (χ1v) is 7.69. The van der Waals surface area contributed by atoms with E-state index in [1.54, 1.807) is 6.07 Å². The zero-order valence-electron chi connectivity index (χ0n) is 13.0. The predicted molar refractivity (Wildman–Crippen MR) is 85.4 cm³/mol. The van der Waals surface area contributed by atoms with Gasteiger partial charge in [0.15, 0.2) is 0 Å². The van der Waals surface area contributed by atoms with Crippen LogP contribution in [0, 0.1) is 0 Å². The molecule has 1 aliphatic rings. The Balaban J connectivity index is 1.94. The zero-order chi connectivity index (χ0) is 17.2. The molecule has 3 rings (SSSR count). The smallest absolute Gasteiger partial charge is 0.338 e. The maximum atomic E-state index is 12.7. The lowest BCUT2D eigenvalue weighted by Crippen LogP contribution is -2.44. The summed E-state index contributed by atoms with van der Waals surface area (Å²) in [6, 6.07) is 6.68. The van der Waals surface area contributed by atoms with Crippen LogP contribution in [-0.2, 0) is 12.7 Å². The minimum absolute atomic E-state index is 0.245. The zero-order valence-corrected chi connectivity index (χ0v) is 13.0. The third-order valence-electron chi connectivity index (χ3n) is 3.88. The largest absolute Gasteiger partial charge is 0.416 e. The van der Waals surface area contributed by atoms with E-state index >= 15 is 0 Å². The molecule has 8 heteroatoms. The van der Waals surface area contributed by atoms with Gasteiger partial charge in [-0.2, -0.15) is 13.2 Å². The number of aromatic nitrogens is 2. The fourth-order valence-corrected chi connectivity index (χ4v) is 2.57. The number of hydrogen-bond donors (Lipinski definition) is 2. The van der Waals surface area contributed by atoms with Crippen LogP contribution in [-0.4, -0.2) is 36.1 Å². The standard InChI is InChI=1S/C16H18F3N5/c17-16(18,19)12-3-1-11(2-4-12)14-9-13(10-20)22-15(23-14)24-7-5-21-6-8-24/h1-4,9,21H,5-8,10,20H2. The van der Waals surface area contributed by atoms with Crippen LogP contribution in [0.2, 0.25) is 0 Å². The highest BCUT2D eigenvalue weighted by Gasteiger charge is 2.30.